The molecule has 2 unspecified atom stereocenters. The maximum Gasteiger partial charge on any atom is 0.127 e. The lowest BCUT2D eigenvalue weighted by Crippen LogP contribution is -2.26. The van der Waals surface area contributed by atoms with Crippen LogP contribution in [-0.4, -0.2) is 65.1 Å². The van der Waals surface area contributed by atoms with E-state index in [0.717, 1.165) is 58.1 Å². The Bertz CT molecular complexity index is 1980. The van der Waals surface area contributed by atoms with Crippen LogP contribution >= 0.6 is 0 Å². The van der Waals surface area contributed by atoms with Crippen molar-refractivity contribution in [2.75, 3.05) is 52.9 Å². The SMILES string of the molecule is CC(c1ccc(-c2ccccc2)cc1)(c1ccc(OCCOCC2CO2)c(-c2ccccc2)c1)c1ccc(OCCOC[C@H]2CO2)c(-c2ccccc2)c1. The molecule has 2 saturated heterocycles. The van der Waals surface area contributed by atoms with Gasteiger partial charge in [-0.25, -0.2) is 0 Å². The number of hydrogen-bond donors (Lipinski definition) is 0. The summed E-state index contributed by atoms with van der Waals surface area (Å²) in [4.78, 5) is 0. The lowest BCUT2D eigenvalue weighted by molar-refractivity contribution is 0.0880. The van der Waals surface area contributed by atoms with Gasteiger partial charge in [0.1, 0.15) is 36.9 Å². The van der Waals surface area contributed by atoms with Crippen LogP contribution in [0.4, 0.5) is 0 Å². The van der Waals surface area contributed by atoms with Crippen molar-refractivity contribution in [1.82, 2.24) is 0 Å². The Kier molecular flexibility index (Phi) is 11.2. The summed E-state index contributed by atoms with van der Waals surface area (Å²) in [6.07, 6.45) is 0.460. The molecule has 0 amide bonds. The number of ether oxygens (including phenoxy) is 6. The lowest BCUT2D eigenvalue weighted by Gasteiger charge is -2.33. The van der Waals surface area contributed by atoms with Gasteiger partial charge in [0.05, 0.1) is 39.6 Å². The molecule has 3 atom stereocenters. The van der Waals surface area contributed by atoms with Crippen LogP contribution in [0, 0.1) is 0 Å². The van der Waals surface area contributed by atoms with Crippen molar-refractivity contribution in [2.45, 2.75) is 24.5 Å². The molecule has 6 nitrogen and oxygen atoms in total. The fraction of sp³-hybridized carbons (Fsp3) is 0.250. The van der Waals surface area contributed by atoms with Crippen molar-refractivity contribution < 1.29 is 28.4 Å². The van der Waals surface area contributed by atoms with E-state index < -0.39 is 5.41 Å². The first-order chi connectivity index (χ1) is 26.6. The van der Waals surface area contributed by atoms with Gasteiger partial charge in [0, 0.05) is 16.5 Å². The monoisotopic (exact) mass is 718 g/mol. The average molecular weight is 719 g/mol. The van der Waals surface area contributed by atoms with E-state index in [1.54, 1.807) is 0 Å². The molecule has 2 fully saturated rings. The van der Waals surface area contributed by atoms with Crippen molar-refractivity contribution in [1.29, 1.82) is 0 Å². The normalized spacial score (nSPS) is 17.1. The molecule has 0 bridgehead atoms. The van der Waals surface area contributed by atoms with E-state index in [0.29, 0.717) is 39.6 Å². The van der Waals surface area contributed by atoms with Gasteiger partial charge in [-0.15, -0.1) is 0 Å². The zero-order valence-electron chi connectivity index (χ0n) is 30.7. The fourth-order valence-electron chi connectivity index (χ4n) is 6.93. The van der Waals surface area contributed by atoms with E-state index in [9.17, 15) is 0 Å². The van der Waals surface area contributed by atoms with Crippen LogP contribution < -0.4 is 9.47 Å². The first kappa shape index (κ1) is 35.8. The van der Waals surface area contributed by atoms with Gasteiger partial charge >= 0.3 is 0 Å². The molecule has 0 radical (unpaired) electrons. The van der Waals surface area contributed by atoms with E-state index in [2.05, 4.69) is 146 Å². The van der Waals surface area contributed by atoms with Crippen molar-refractivity contribution in [3.05, 3.63) is 168 Å². The minimum atomic E-state index is -0.555. The van der Waals surface area contributed by atoms with E-state index in [1.165, 1.54) is 16.7 Å². The van der Waals surface area contributed by atoms with Gasteiger partial charge in [-0.05, 0) is 70.1 Å². The lowest BCUT2D eigenvalue weighted by atomic mass is 9.70. The molecule has 8 rings (SSSR count). The smallest absolute Gasteiger partial charge is 0.127 e. The molecule has 2 heterocycles. The highest BCUT2D eigenvalue weighted by Gasteiger charge is 2.33. The van der Waals surface area contributed by atoms with Crippen LogP contribution in [0.1, 0.15) is 23.6 Å². The molecule has 0 saturated carbocycles. The third-order valence-electron chi connectivity index (χ3n) is 10.2. The molecule has 54 heavy (non-hydrogen) atoms. The van der Waals surface area contributed by atoms with Gasteiger partial charge in [0.25, 0.3) is 0 Å². The molecule has 2 aliphatic heterocycles. The molecule has 2 aliphatic rings. The van der Waals surface area contributed by atoms with Crippen molar-refractivity contribution in [3.8, 4) is 44.9 Å². The summed E-state index contributed by atoms with van der Waals surface area (Å²) < 4.78 is 35.0. The quantitative estimate of drug-likeness (QED) is 0.0501. The first-order valence-electron chi connectivity index (χ1n) is 18.9. The summed E-state index contributed by atoms with van der Waals surface area (Å²) in [5, 5.41) is 0. The van der Waals surface area contributed by atoms with Crippen molar-refractivity contribution in [2.24, 2.45) is 0 Å². The second kappa shape index (κ2) is 16.8. The Morgan fingerprint density at radius 1 is 0.463 bits per heavy atom. The highest BCUT2D eigenvalue weighted by molar-refractivity contribution is 5.75. The maximum absolute atomic E-state index is 6.40. The van der Waals surface area contributed by atoms with Crippen molar-refractivity contribution >= 4 is 0 Å². The molecule has 0 spiro atoms. The molecule has 0 aromatic heterocycles. The predicted molar refractivity (Wildman–Crippen MR) is 213 cm³/mol. The summed E-state index contributed by atoms with van der Waals surface area (Å²) >= 11 is 0. The highest BCUT2D eigenvalue weighted by Crippen LogP contribution is 2.45. The van der Waals surface area contributed by atoms with E-state index >= 15 is 0 Å². The Morgan fingerprint density at radius 2 is 0.852 bits per heavy atom. The van der Waals surface area contributed by atoms with E-state index in [-0.39, 0.29) is 12.2 Å². The molecular formula is C48H46O6. The van der Waals surface area contributed by atoms with Gasteiger partial charge in [-0.1, -0.05) is 127 Å². The number of epoxide rings is 2. The zero-order chi connectivity index (χ0) is 36.6. The van der Waals surface area contributed by atoms with Crippen LogP contribution in [0.15, 0.2) is 152 Å². The van der Waals surface area contributed by atoms with Crippen LogP contribution in [0.25, 0.3) is 33.4 Å². The zero-order valence-corrected chi connectivity index (χ0v) is 30.7. The van der Waals surface area contributed by atoms with E-state index in [4.69, 9.17) is 28.4 Å². The topological polar surface area (TPSA) is 62.0 Å². The third kappa shape index (κ3) is 8.59. The summed E-state index contributed by atoms with van der Waals surface area (Å²) in [7, 11) is 0. The summed E-state index contributed by atoms with van der Waals surface area (Å²) in [6, 6.07) is 53.7. The average Bonchev–Trinajstić information content (AvgIpc) is 4.19. The van der Waals surface area contributed by atoms with Crippen molar-refractivity contribution in [3.63, 3.8) is 0 Å². The van der Waals surface area contributed by atoms with Gasteiger partial charge in [0.2, 0.25) is 0 Å². The summed E-state index contributed by atoms with van der Waals surface area (Å²) in [6.45, 7) is 6.99. The summed E-state index contributed by atoms with van der Waals surface area (Å²) in [5.74, 6) is 1.64. The Hall–Kier alpha value is -5.24. The third-order valence-corrected chi connectivity index (χ3v) is 10.2. The largest absolute Gasteiger partial charge is 0.491 e. The minimum absolute atomic E-state index is 0.230. The molecular weight excluding hydrogens is 673 g/mol. The Labute approximate surface area is 318 Å². The second-order valence-corrected chi connectivity index (χ2v) is 14.0. The highest BCUT2D eigenvalue weighted by atomic mass is 16.6. The maximum atomic E-state index is 6.40. The van der Waals surface area contributed by atoms with Crippen LogP contribution in [0.5, 0.6) is 11.5 Å². The Morgan fingerprint density at radius 3 is 1.28 bits per heavy atom. The van der Waals surface area contributed by atoms with Gasteiger partial charge < -0.3 is 28.4 Å². The van der Waals surface area contributed by atoms with Gasteiger partial charge in [0.15, 0.2) is 0 Å². The molecule has 274 valence electrons. The van der Waals surface area contributed by atoms with Gasteiger partial charge in [-0.2, -0.15) is 0 Å². The van der Waals surface area contributed by atoms with E-state index in [1.807, 2.05) is 12.1 Å². The standard InChI is InChI=1S/C48H46O6/c1-48(39-19-17-36(18-20-39)35-11-5-2-6-12-35,40-21-23-46(51-27-25-49-31-42-33-53-42)44(29-40)37-13-7-3-8-14-37)41-22-24-47(52-28-26-50-32-43-34-54-43)45(30-41)38-15-9-4-10-16-38/h2-24,29-30,42-43H,25-28,31-34H2,1H3/t42-,43?,48?/m0/s1. The van der Waals surface area contributed by atoms with Crippen LogP contribution in [-0.2, 0) is 24.4 Å². The second-order valence-electron chi connectivity index (χ2n) is 14.0. The summed E-state index contributed by atoms with van der Waals surface area (Å²) in [5.41, 5.74) is 9.52. The molecule has 6 heteroatoms. The molecule has 6 aromatic carbocycles. The molecule has 0 N–H and O–H groups in total. The number of rotatable bonds is 18. The fourth-order valence-corrected chi connectivity index (χ4v) is 6.93. The molecule has 0 aliphatic carbocycles. The molecule has 6 aromatic rings. The number of benzene rings is 6. The minimum Gasteiger partial charge on any atom is -0.491 e. The Balaban J connectivity index is 1.19. The van der Waals surface area contributed by atoms with Crippen LogP contribution in [0.3, 0.4) is 0 Å². The first-order valence-corrected chi connectivity index (χ1v) is 18.9. The van der Waals surface area contributed by atoms with Crippen LogP contribution in [0.2, 0.25) is 0 Å². The number of hydrogen-bond acceptors (Lipinski definition) is 6. The predicted octanol–water partition coefficient (Wildman–Crippen LogP) is 9.63. The van der Waals surface area contributed by atoms with Gasteiger partial charge in [-0.3, -0.25) is 0 Å².